The van der Waals surface area contributed by atoms with E-state index >= 15 is 0 Å². The Morgan fingerprint density at radius 2 is 2.31 bits per heavy atom. The Bertz CT molecular complexity index is 141. The van der Waals surface area contributed by atoms with E-state index in [2.05, 4.69) is 23.7 Å². The molecule has 0 aliphatic heterocycles. The normalized spacial score (nSPS) is 16.5. The number of nitrogens with zero attached hydrogens (tertiary/aromatic N) is 1. The molecule has 0 bridgehead atoms. The van der Waals surface area contributed by atoms with E-state index in [1.165, 1.54) is 32.5 Å². The lowest BCUT2D eigenvalue weighted by Crippen LogP contribution is -2.33. The maximum Gasteiger partial charge on any atom is 0.0132 e. The van der Waals surface area contributed by atoms with Gasteiger partial charge in [0.05, 0.1) is 0 Å². The van der Waals surface area contributed by atoms with Crippen molar-refractivity contribution in [3.05, 3.63) is 12.7 Å². The first kappa shape index (κ1) is 10.7. The first-order chi connectivity index (χ1) is 6.36. The van der Waals surface area contributed by atoms with Gasteiger partial charge in [0, 0.05) is 26.2 Å². The van der Waals surface area contributed by atoms with E-state index in [-0.39, 0.29) is 0 Å². The van der Waals surface area contributed by atoms with Crippen molar-refractivity contribution in [1.82, 2.24) is 10.2 Å². The first-order valence-electron chi connectivity index (χ1n) is 5.40. The molecule has 0 amide bonds. The van der Waals surface area contributed by atoms with Crippen LogP contribution in [0.5, 0.6) is 0 Å². The van der Waals surface area contributed by atoms with Crippen LogP contribution in [0.15, 0.2) is 12.7 Å². The molecule has 0 saturated heterocycles. The zero-order valence-corrected chi connectivity index (χ0v) is 8.76. The number of hydrogen-bond donors (Lipinski definition) is 1. The third kappa shape index (κ3) is 5.06. The topological polar surface area (TPSA) is 15.3 Å². The van der Waals surface area contributed by atoms with Crippen molar-refractivity contribution in [3.63, 3.8) is 0 Å². The van der Waals surface area contributed by atoms with Gasteiger partial charge in [-0.25, -0.2) is 0 Å². The molecule has 1 aliphatic rings. The second-order valence-electron chi connectivity index (χ2n) is 3.83. The molecule has 13 heavy (non-hydrogen) atoms. The maximum atomic E-state index is 3.68. The van der Waals surface area contributed by atoms with Crippen molar-refractivity contribution in [2.75, 3.05) is 32.7 Å². The maximum absolute atomic E-state index is 3.68. The molecule has 1 aliphatic carbocycles. The number of rotatable bonds is 8. The van der Waals surface area contributed by atoms with Gasteiger partial charge in [-0.3, -0.25) is 0 Å². The fraction of sp³-hybridized carbons (Fsp3) is 0.818. The van der Waals surface area contributed by atoms with Crippen LogP contribution in [0.4, 0.5) is 0 Å². The van der Waals surface area contributed by atoms with Crippen LogP contribution in [-0.2, 0) is 0 Å². The van der Waals surface area contributed by atoms with Crippen molar-refractivity contribution >= 4 is 0 Å². The first-order valence-corrected chi connectivity index (χ1v) is 5.40. The van der Waals surface area contributed by atoms with E-state index in [1.807, 2.05) is 6.08 Å². The van der Waals surface area contributed by atoms with Crippen LogP contribution in [0.1, 0.15) is 19.8 Å². The average molecular weight is 182 g/mol. The largest absolute Gasteiger partial charge is 0.312 e. The molecular weight excluding hydrogens is 160 g/mol. The molecule has 76 valence electrons. The van der Waals surface area contributed by atoms with Crippen molar-refractivity contribution in [2.24, 2.45) is 5.92 Å². The molecule has 0 unspecified atom stereocenters. The Hall–Kier alpha value is -0.340. The molecule has 0 aromatic rings. The molecule has 0 heterocycles. The summed E-state index contributed by atoms with van der Waals surface area (Å²) >= 11 is 0. The standard InChI is InChI=1S/C11H22N2/c1-3-7-12-8-9-13(4-2)10-11-5-6-11/h3,11-12H,1,4-10H2,2H3. The average Bonchev–Trinajstić information content (AvgIpc) is 2.94. The second kappa shape index (κ2) is 6.17. The summed E-state index contributed by atoms with van der Waals surface area (Å²) in [6, 6.07) is 0. The Morgan fingerprint density at radius 3 is 2.85 bits per heavy atom. The lowest BCUT2D eigenvalue weighted by Gasteiger charge is -2.19. The van der Waals surface area contributed by atoms with E-state index in [0.29, 0.717) is 0 Å². The van der Waals surface area contributed by atoms with Gasteiger partial charge in [-0.2, -0.15) is 0 Å². The molecule has 2 nitrogen and oxygen atoms in total. The van der Waals surface area contributed by atoms with Gasteiger partial charge in [0.15, 0.2) is 0 Å². The summed E-state index contributed by atoms with van der Waals surface area (Å²) in [4.78, 5) is 2.54. The Kier molecular flexibility index (Phi) is 5.09. The van der Waals surface area contributed by atoms with Gasteiger partial charge in [-0.05, 0) is 25.3 Å². The Labute approximate surface area is 82.0 Å². The molecule has 1 N–H and O–H groups in total. The molecule has 1 saturated carbocycles. The number of nitrogens with one attached hydrogen (secondary N) is 1. The monoisotopic (exact) mass is 182 g/mol. The highest BCUT2D eigenvalue weighted by atomic mass is 15.1. The molecule has 0 spiro atoms. The molecule has 1 fully saturated rings. The summed E-state index contributed by atoms with van der Waals surface area (Å²) in [5, 5.41) is 3.33. The summed E-state index contributed by atoms with van der Waals surface area (Å²) in [5.41, 5.74) is 0. The fourth-order valence-electron chi connectivity index (χ4n) is 1.49. The van der Waals surface area contributed by atoms with Crippen LogP contribution in [0.25, 0.3) is 0 Å². The summed E-state index contributed by atoms with van der Waals surface area (Å²) in [6.45, 7) is 11.6. The predicted octanol–water partition coefficient (Wildman–Crippen LogP) is 1.49. The highest BCUT2D eigenvalue weighted by Gasteiger charge is 2.23. The van der Waals surface area contributed by atoms with Crippen LogP contribution < -0.4 is 5.32 Å². The highest BCUT2D eigenvalue weighted by Crippen LogP contribution is 2.29. The SMILES string of the molecule is C=CCNCCN(CC)CC1CC1. The summed E-state index contributed by atoms with van der Waals surface area (Å²) in [6.07, 6.45) is 4.82. The number of hydrogen-bond acceptors (Lipinski definition) is 2. The molecule has 0 atom stereocenters. The van der Waals surface area contributed by atoms with E-state index in [1.54, 1.807) is 0 Å². The Balaban J connectivity index is 1.97. The van der Waals surface area contributed by atoms with E-state index in [4.69, 9.17) is 0 Å². The van der Waals surface area contributed by atoms with Gasteiger partial charge in [-0.15, -0.1) is 6.58 Å². The van der Waals surface area contributed by atoms with Crippen molar-refractivity contribution in [1.29, 1.82) is 0 Å². The van der Waals surface area contributed by atoms with Crippen LogP contribution in [0.3, 0.4) is 0 Å². The van der Waals surface area contributed by atoms with Crippen molar-refractivity contribution in [2.45, 2.75) is 19.8 Å². The van der Waals surface area contributed by atoms with E-state index in [9.17, 15) is 0 Å². The van der Waals surface area contributed by atoms with E-state index < -0.39 is 0 Å². The smallest absolute Gasteiger partial charge is 0.0132 e. The summed E-state index contributed by atoms with van der Waals surface area (Å²) in [7, 11) is 0. The van der Waals surface area contributed by atoms with Gasteiger partial charge < -0.3 is 10.2 Å². The minimum Gasteiger partial charge on any atom is -0.312 e. The molecular formula is C11H22N2. The summed E-state index contributed by atoms with van der Waals surface area (Å²) in [5.74, 6) is 1.01. The van der Waals surface area contributed by atoms with Gasteiger partial charge in [0.25, 0.3) is 0 Å². The second-order valence-corrected chi connectivity index (χ2v) is 3.83. The number of likely N-dealkylation sites (N-methyl/N-ethyl adjacent to an activating group) is 1. The lowest BCUT2D eigenvalue weighted by atomic mass is 10.3. The molecule has 2 heteroatoms. The van der Waals surface area contributed by atoms with Crippen molar-refractivity contribution < 1.29 is 0 Å². The van der Waals surface area contributed by atoms with Crippen LogP contribution >= 0.6 is 0 Å². The van der Waals surface area contributed by atoms with Crippen LogP contribution in [0.2, 0.25) is 0 Å². The van der Waals surface area contributed by atoms with Crippen LogP contribution in [0, 0.1) is 5.92 Å². The molecule has 1 rings (SSSR count). The predicted molar refractivity (Wildman–Crippen MR) is 57.9 cm³/mol. The van der Waals surface area contributed by atoms with Crippen molar-refractivity contribution in [3.8, 4) is 0 Å². The zero-order chi connectivity index (χ0) is 9.52. The van der Waals surface area contributed by atoms with Gasteiger partial charge in [0.1, 0.15) is 0 Å². The molecule has 0 radical (unpaired) electrons. The van der Waals surface area contributed by atoms with Gasteiger partial charge in [-0.1, -0.05) is 13.0 Å². The summed E-state index contributed by atoms with van der Waals surface area (Å²) < 4.78 is 0. The minimum absolute atomic E-state index is 0.932. The third-order valence-corrected chi connectivity index (χ3v) is 2.55. The molecule has 0 aromatic carbocycles. The minimum atomic E-state index is 0.932. The highest BCUT2D eigenvalue weighted by molar-refractivity contribution is 4.77. The quantitative estimate of drug-likeness (QED) is 0.452. The lowest BCUT2D eigenvalue weighted by molar-refractivity contribution is 0.277. The van der Waals surface area contributed by atoms with Gasteiger partial charge >= 0.3 is 0 Å². The van der Waals surface area contributed by atoms with Gasteiger partial charge in [0.2, 0.25) is 0 Å². The Morgan fingerprint density at radius 1 is 1.54 bits per heavy atom. The third-order valence-electron chi connectivity index (χ3n) is 2.55. The van der Waals surface area contributed by atoms with E-state index in [0.717, 1.165) is 19.0 Å². The van der Waals surface area contributed by atoms with Crippen LogP contribution in [-0.4, -0.2) is 37.6 Å². The molecule has 0 aromatic heterocycles. The zero-order valence-electron chi connectivity index (χ0n) is 8.76. The fourth-order valence-corrected chi connectivity index (χ4v) is 1.49.